The van der Waals surface area contributed by atoms with E-state index in [0.717, 1.165) is 17.5 Å². The quantitative estimate of drug-likeness (QED) is 0.547. The van der Waals surface area contributed by atoms with Crippen LogP contribution in [0.1, 0.15) is 23.6 Å². The number of benzene rings is 3. The SMILES string of the molecule is CCN(Cc1ccccc1)C(=O)CNC(=O)COc1ccccc1Cc1ccccc1. The lowest BCUT2D eigenvalue weighted by Gasteiger charge is -2.21. The van der Waals surface area contributed by atoms with Crippen LogP contribution >= 0.6 is 0 Å². The van der Waals surface area contributed by atoms with Crippen molar-refractivity contribution in [2.75, 3.05) is 19.7 Å². The summed E-state index contributed by atoms with van der Waals surface area (Å²) in [6.07, 6.45) is 0.724. The van der Waals surface area contributed by atoms with E-state index in [1.807, 2.05) is 79.7 Å². The van der Waals surface area contributed by atoms with Crippen LogP contribution in [0, 0.1) is 0 Å². The van der Waals surface area contributed by atoms with Crippen LogP contribution in [0.25, 0.3) is 0 Å². The highest BCUT2D eigenvalue weighted by atomic mass is 16.5. The molecule has 0 radical (unpaired) electrons. The van der Waals surface area contributed by atoms with Crippen molar-refractivity contribution in [3.05, 3.63) is 102 Å². The topological polar surface area (TPSA) is 58.6 Å². The van der Waals surface area contributed by atoms with E-state index in [9.17, 15) is 9.59 Å². The average Bonchev–Trinajstić information content (AvgIpc) is 2.81. The lowest BCUT2D eigenvalue weighted by atomic mass is 10.0. The van der Waals surface area contributed by atoms with Crippen LogP contribution in [0.4, 0.5) is 0 Å². The Balaban J connectivity index is 1.48. The molecule has 0 aliphatic carbocycles. The Bertz CT molecular complexity index is 974. The van der Waals surface area contributed by atoms with Gasteiger partial charge in [0.1, 0.15) is 5.75 Å². The highest BCUT2D eigenvalue weighted by Gasteiger charge is 2.14. The van der Waals surface area contributed by atoms with Crippen molar-refractivity contribution in [2.24, 2.45) is 0 Å². The predicted octanol–water partition coefficient (Wildman–Crippen LogP) is 3.82. The molecule has 3 aromatic rings. The average molecular weight is 417 g/mol. The fourth-order valence-corrected chi connectivity index (χ4v) is 3.27. The van der Waals surface area contributed by atoms with Crippen LogP contribution in [0.2, 0.25) is 0 Å². The van der Waals surface area contributed by atoms with Crippen molar-refractivity contribution in [2.45, 2.75) is 19.9 Å². The van der Waals surface area contributed by atoms with E-state index in [1.165, 1.54) is 5.56 Å². The van der Waals surface area contributed by atoms with Crippen LogP contribution in [0.15, 0.2) is 84.9 Å². The first-order valence-electron chi connectivity index (χ1n) is 10.5. The minimum Gasteiger partial charge on any atom is -0.483 e. The van der Waals surface area contributed by atoms with E-state index < -0.39 is 0 Å². The highest BCUT2D eigenvalue weighted by molar-refractivity contribution is 5.85. The summed E-state index contributed by atoms with van der Waals surface area (Å²) in [6.45, 7) is 2.84. The summed E-state index contributed by atoms with van der Waals surface area (Å²) in [5.74, 6) is 0.231. The van der Waals surface area contributed by atoms with Crippen LogP contribution in [0.5, 0.6) is 5.75 Å². The van der Waals surface area contributed by atoms with Gasteiger partial charge in [-0.15, -0.1) is 0 Å². The summed E-state index contributed by atoms with van der Waals surface area (Å²) >= 11 is 0. The van der Waals surface area contributed by atoms with Gasteiger partial charge in [-0.3, -0.25) is 9.59 Å². The summed E-state index contributed by atoms with van der Waals surface area (Å²) in [4.78, 5) is 26.5. The molecular formula is C26H28N2O3. The molecule has 0 bridgehead atoms. The highest BCUT2D eigenvalue weighted by Crippen LogP contribution is 2.21. The molecule has 3 aromatic carbocycles. The first kappa shape index (κ1) is 22.1. The Hall–Kier alpha value is -3.60. The molecule has 0 atom stereocenters. The molecule has 0 aliphatic rings. The molecule has 2 amide bonds. The van der Waals surface area contributed by atoms with Gasteiger partial charge in [-0.25, -0.2) is 0 Å². The van der Waals surface area contributed by atoms with Gasteiger partial charge in [0, 0.05) is 19.5 Å². The van der Waals surface area contributed by atoms with Gasteiger partial charge in [0.25, 0.3) is 5.91 Å². The van der Waals surface area contributed by atoms with Gasteiger partial charge in [-0.05, 0) is 29.7 Å². The smallest absolute Gasteiger partial charge is 0.258 e. The summed E-state index contributed by atoms with van der Waals surface area (Å²) in [5, 5.41) is 2.67. The van der Waals surface area contributed by atoms with E-state index in [4.69, 9.17) is 4.74 Å². The molecule has 3 rings (SSSR count). The fourth-order valence-electron chi connectivity index (χ4n) is 3.27. The van der Waals surface area contributed by atoms with Crippen LogP contribution in [-0.2, 0) is 22.6 Å². The number of rotatable bonds is 10. The number of carbonyl (C=O) groups excluding carboxylic acids is 2. The zero-order valence-electron chi connectivity index (χ0n) is 17.8. The van der Waals surface area contributed by atoms with Gasteiger partial charge in [0.15, 0.2) is 6.61 Å². The molecule has 160 valence electrons. The maximum Gasteiger partial charge on any atom is 0.258 e. The predicted molar refractivity (Wildman–Crippen MR) is 122 cm³/mol. The standard InChI is InChI=1S/C26H28N2O3/c1-2-28(19-22-13-7-4-8-14-22)26(30)18-27-25(29)20-31-24-16-10-9-15-23(24)17-21-11-5-3-6-12-21/h3-16H,2,17-20H2,1H3,(H,27,29). The molecule has 0 saturated heterocycles. The Labute approximate surface area is 183 Å². The molecule has 0 spiro atoms. The van der Waals surface area contributed by atoms with Crippen molar-refractivity contribution >= 4 is 11.8 Å². The number of carbonyl (C=O) groups is 2. The van der Waals surface area contributed by atoms with Crippen LogP contribution < -0.4 is 10.1 Å². The zero-order valence-corrected chi connectivity index (χ0v) is 17.8. The summed E-state index contributed by atoms with van der Waals surface area (Å²) < 4.78 is 5.75. The molecule has 0 saturated carbocycles. The van der Waals surface area contributed by atoms with Gasteiger partial charge in [0.2, 0.25) is 5.91 Å². The number of hydrogen-bond donors (Lipinski definition) is 1. The second-order valence-electron chi connectivity index (χ2n) is 7.23. The molecule has 0 unspecified atom stereocenters. The van der Waals surface area contributed by atoms with E-state index in [2.05, 4.69) is 17.4 Å². The van der Waals surface area contributed by atoms with E-state index in [1.54, 1.807) is 4.90 Å². The van der Waals surface area contributed by atoms with Gasteiger partial charge >= 0.3 is 0 Å². The number of hydrogen-bond acceptors (Lipinski definition) is 3. The third kappa shape index (κ3) is 7.00. The first-order chi connectivity index (χ1) is 15.2. The molecule has 5 heteroatoms. The van der Waals surface area contributed by atoms with Crippen molar-refractivity contribution in [1.29, 1.82) is 0 Å². The third-order valence-corrected chi connectivity index (χ3v) is 4.96. The van der Waals surface area contributed by atoms with Crippen molar-refractivity contribution in [1.82, 2.24) is 10.2 Å². The number of nitrogens with one attached hydrogen (secondary N) is 1. The Morgan fingerprint density at radius 2 is 1.45 bits per heavy atom. The molecule has 1 N–H and O–H groups in total. The van der Waals surface area contributed by atoms with Crippen molar-refractivity contribution in [3.63, 3.8) is 0 Å². The minimum atomic E-state index is -0.321. The maximum atomic E-state index is 12.5. The monoisotopic (exact) mass is 416 g/mol. The first-order valence-corrected chi connectivity index (χ1v) is 10.5. The van der Waals surface area contributed by atoms with Crippen molar-refractivity contribution < 1.29 is 14.3 Å². The molecule has 0 heterocycles. The van der Waals surface area contributed by atoms with Crippen LogP contribution in [-0.4, -0.2) is 36.4 Å². The molecule has 31 heavy (non-hydrogen) atoms. The number of nitrogens with zero attached hydrogens (tertiary/aromatic N) is 1. The Morgan fingerprint density at radius 1 is 0.839 bits per heavy atom. The fraction of sp³-hybridized carbons (Fsp3) is 0.231. The number of amides is 2. The summed E-state index contributed by atoms with van der Waals surface area (Å²) in [6, 6.07) is 27.6. The van der Waals surface area contributed by atoms with E-state index in [-0.39, 0.29) is 25.0 Å². The van der Waals surface area contributed by atoms with Crippen LogP contribution in [0.3, 0.4) is 0 Å². The number of para-hydroxylation sites is 1. The van der Waals surface area contributed by atoms with Gasteiger partial charge < -0.3 is 15.0 Å². The largest absolute Gasteiger partial charge is 0.483 e. The lowest BCUT2D eigenvalue weighted by molar-refractivity contribution is -0.133. The minimum absolute atomic E-state index is 0.0471. The molecule has 0 aromatic heterocycles. The third-order valence-electron chi connectivity index (χ3n) is 4.96. The van der Waals surface area contributed by atoms with Gasteiger partial charge in [-0.1, -0.05) is 78.9 Å². The van der Waals surface area contributed by atoms with Gasteiger partial charge in [0.05, 0.1) is 6.54 Å². The second kappa shape index (κ2) is 11.6. The number of ether oxygens (including phenoxy) is 1. The molecule has 0 fully saturated rings. The molecule has 0 aliphatic heterocycles. The normalized spacial score (nSPS) is 10.4. The van der Waals surface area contributed by atoms with Crippen molar-refractivity contribution in [3.8, 4) is 5.75 Å². The van der Waals surface area contributed by atoms with Gasteiger partial charge in [-0.2, -0.15) is 0 Å². The Kier molecular flexibility index (Phi) is 8.23. The molecular weight excluding hydrogens is 388 g/mol. The zero-order chi connectivity index (χ0) is 21.9. The van der Waals surface area contributed by atoms with E-state index >= 15 is 0 Å². The Morgan fingerprint density at radius 3 is 2.13 bits per heavy atom. The summed E-state index contributed by atoms with van der Waals surface area (Å²) in [7, 11) is 0. The lowest BCUT2D eigenvalue weighted by Crippen LogP contribution is -2.41. The number of likely N-dealkylation sites (N-methyl/N-ethyl adjacent to an activating group) is 1. The molecule has 5 nitrogen and oxygen atoms in total. The summed E-state index contributed by atoms with van der Waals surface area (Å²) in [5.41, 5.74) is 3.24. The van der Waals surface area contributed by atoms with E-state index in [0.29, 0.717) is 18.8 Å². The maximum absolute atomic E-state index is 12.5. The second-order valence-corrected chi connectivity index (χ2v) is 7.23.